The van der Waals surface area contributed by atoms with Gasteiger partial charge in [-0.05, 0) is 43.4 Å². The molecule has 1 aromatic rings. The number of halogens is 1. The molecule has 0 aromatic heterocycles. The maximum absolute atomic E-state index is 13.1. The summed E-state index contributed by atoms with van der Waals surface area (Å²) in [5.74, 6) is -1.67. The number of carboxylic acid groups (broad SMARTS) is 1. The van der Waals surface area contributed by atoms with Crippen LogP contribution in [0.4, 0.5) is 4.39 Å². The average molecular weight is 252 g/mol. The van der Waals surface area contributed by atoms with Crippen LogP contribution >= 0.6 is 0 Å². The highest BCUT2D eigenvalue weighted by atomic mass is 19.1. The Kier molecular flexibility index (Phi) is 4.31. The summed E-state index contributed by atoms with van der Waals surface area (Å²) in [7, 11) is 0. The van der Waals surface area contributed by atoms with Crippen molar-refractivity contribution in [3.63, 3.8) is 0 Å². The van der Waals surface area contributed by atoms with Crippen molar-refractivity contribution in [2.45, 2.75) is 31.8 Å². The summed E-state index contributed by atoms with van der Waals surface area (Å²) in [6.45, 7) is 0.719. The topological polar surface area (TPSA) is 46.5 Å². The smallest absolute Gasteiger partial charge is 0.306 e. The van der Waals surface area contributed by atoms with E-state index >= 15 is 0 Å². The first-order valence-corrected chi connectivity index (χ1v) is 6.24. The van der Waals surface area contributed by atoms with Crippen molar-refractivity contribution in [2.75, 3.05) is 6.61 Å². The molecule has 2 rings (SSSR count). The van der Waals surface area contributed by atoms with Crippen LogP contribution in [-0.2, 0) is 16.0 Å². The van der Waals surface area contributed by atoms with Crippen LogP contribution in [0.2, 0.25) is 0 Å². The molecule has 0 saturated carbocycles. The number of ether oxygens (including phenoxy) is 1. The maximum atomic E-state index is 13.1. The van der Waals surface area contributed by atoms with Crippen LogP contribution in [0.5, 0.6) is 0 Å². The highest BCUT2D eigenvalue weighted by Crippen LogP contribution is 2.23. The molecular formula is C14H17FO3. The van der Waals surface area contributed by atoms with Crippen LogP contribution in [0.3, 0.4) is 0 Å². The van der Waals surface area contributed by atoms with Crippen molar-refractivity contribution in [2.24, 2.45) is 5.92 Å². The van der Waals surface area contributed by atoms with Crippen LogP contribution in [-0.4, -0.2) is 23.8 Å². The summed E-state index contributed by atoms with van der Waals surface area (Å²) in [5, 5.41) is 9.21. The quantitative estimate of drug-likeness (QED) is 0.876. The first-order valence-electron chi connectivity index (χ1n) is 6.24. The predicted molar refractivity (Wildman–Crippen MR) is 64.8 cm³/mol. The second-order valence-electron chi connectivity index (χ2n) is 4.74. The first kappa shape index (κ1) is 13.0. The van der Waals surface area contributed by atoms with Gasteiger partial charge in [0.2, 0.25) is 0 Å². The second-order valence-corrected chi connectivity index (χ2v) is 4.74. The molecule has 1 aliphatic rings. The Morgan fingerprint density at radius 2 is 2.39 bits per heavy atom. The van der Waals surface area contributed by atoms with Crippen molar-refractivity contribution in [1.82, 2.24) is 0 Å². The standard InChI is InChI=1S/C14H17FO3/c15-12-4-1-3-10(8-12)7-11(14(16)17)9-13-5-2-6-18-13/h1,3-4,8,11,13H,2,5-7,9H2,(H,16,17). The third-order valence-electron chi connectivity index (χ3n) is 3.29. The highest BCUT2D eigenvalue weighted by molar-refractivity contribution is 5.70. The molecule has 1 N–H and O–H groups in total. The van der Waals surface area contributed by atoms with Crippen LogP contribution in [0.15, 0.2) is 24.3 Å². The number of hydrogen-bond donors (Lipinski definition) is 1. The minimum absolute atomic E-state index is 0.0414. The van der Waals surface area contributed by atoms with Gasteiger partial charge in [0, 0.05) is 6.61 Å². The zero-order valence-electron chi connectivity index (χ0n) is 10.1. The average Bonchev–Trinajstić information content (AvgIpc) is 2.81. The molecule has 0 aliphatic carbocycles. The highest BCUT2D eigenvalue weighted by Gasteiger charge is 2.25. The van der Waals surface area contributed by atoms with E-state index in [0.29, 0.717) is 12.8 Å². The molecule has 2 unspecified atom stereocenters. The Labute approximate surface area is 106 Å². The Hall–Kier alpha value is -1.42. The normalized spacial score (nSPS) is 20.8. The molecular weight excluding hydrogens is 235 g/mol. The Morgan fingerprint density at radius 3 is 3.00 bits per heavy atom. The van der Waals surface area contributed by atoms with Crippen LogP contribution < -0.4 is 0 Å². The Balaban J connectivity index is 1.99. The van der Waals surface area contributed by atoms with E-state index in [4.69, 9.17) is 4.74 Å². The third-order valence-corrected chi connectivity index (χ3v) is 3.29. The van der Waals surface area contributed by atoms with Crippen LogP contribution in [0.1, 0.15) is 24.8 Å². The van der Waals surface area contributed by atoms with Crippen molar-refractivity contribution in [1.29, 1.82) is 0 Å². The van der Waals surface area contributed by atoms with Crippen LogP contribution in [0.25, 0.3) is 0 Å². The molecule has 1 aliphatic heterocycles. The summed E-state index contributed by atoms with van der Waals surface area (Å²) in [6, 6.07) is 6.12. The maximum Gasteiger partial charge on any atom is 0.306 e. The third kappa shape index (κ3) is 3.53. The molecule has 1 aromatic carbocycles. The minimum Gasteiger partial charge on any atom is -0.481 e. The van der Waals surface area contributed by atoms with Gasteiger partial charge in [-0.3, -0.25) is 4.79 Å². The molecule has 0 amide bonds. The number of hydrogen-bond acceptors (Lipinski definition) is 2. The molecule has 2 atom stereocenters. The molecule has 3 nitrogen and oxygen atoms in total. The fraction of sp³-hybridized carbons (Fsp3) is 0.500. The minimum atomic E-state index is -0.838. The van der Waals surface area contributed by atoms with E-state index in [2.05, 4.69) is 0 Å². The lowest BCUT2D eigenvalue weighted by molar-refractivity contribution is -0.142. The molecule has 98 valence electrons. The molecule has 18 heavy (non-hydrogen) atoms. The summed E-state index contributed by atoms with van der Waals surface area (Å²) >= 11 is 0. The van der Waals surface area contributed by atoms with Gasteiger partial charge in [0.25, 0.3) is 0 Å². The van der Waals surface area contributed by atoms with Gasteiger partial charge in [-0.1, -0.05) is 12.1 Å². The molecule has 4 heteroatoms. The number of aliphatic carboxylic acids is 1. The van der Waals surface area contributed by atoms with Gasteiger partial charge in [0.15, 0.2) is 0 Å². The fourth-order valence-corrected chi connectivity index (χ4v) is 2.37. The largest absolute Gasteiger partial charge is 0.481 e. The lowest BCUT2D eigenvalue weighted by atomic mass is 9.93. The Bertz CT molecular complexity index is 413. The van der Waals surface area contributed by atoms with E-state index in [-0.39, 0.29) is 11.9 Å². The van der Waals surface area contributed by atoms with Crippen LogP contribution in [0, 0.1) is 11.7 Å². The number of benzene rings is 1. The van der Waals surface area contributed by atoms with Gasteiger partial charge >= 0.3 is 5.97 Å². The Morgan fingerprint density at radius 1 is 1.56 bits per heavy atom. The number of carbonyl (C=O) groups is 1. The molecule has 1 saturated heterocycles. The van der Waals surface area contributed by atoms with Gasteiger partial charge in [0.1, 0.15) is 5.82 Å². The van der Waals surface area contributed by atoms with Crippen molar-refractivity contribution in [3.8, 4) is 0 Å². The van der Waals surface area contributed by atoms with Gasteiger partial charge in [-0.2, -0.15) is 0 Å². The SMILES string of the molecule is O=C(O)C(Cc1cccc(F)c1)CC1CCCO1. The molecule has 1 fully saturated rings. The van der Waals surface area contributed by atoms with Crippen molar-refractivity contribution >= 4 is 5.97 Å². The van der Waals surface area contributed by atoms with Crippen molar-refractivity contribution in [3.05, 3.63) is 35.6 Å². The molecule has 0 radical (unpaired) electrons. The molecule has 0 spiro atoms. The zero-order chi connectivity index (χ0) is 13.0. The van der Waals surface area contributed by atoms with E-state index in [9.17, 15) is 14.3 Å². The zero-order valence-corrected chi connectivity index (χ0v) is 10.1. The molecule has 1 heterocycles. The van der Waals surface area contributed by atoms with Gasteiger partial charge in [-0.15, -0.1) is 0 Å². The number of rotatable bonds is 5. The van der Waals surface area contributed by atoms with Gasteiger partial charge in [0.05, 0.1) is 12.0 Å². The lowest BCUT2D eigenvalue weighted by Gasteiger charge is -2.16. The van der Waals surface area contributed by atoms with Gasteiger partial charge < -0.3 is 9.84 Å². The van der Waals surface area contributed by atoms with Gasteiger partial charge in [-0.25, -0.2) is 4.39 Å². The second kappa shape index (κ2) is 5.96. The summed E-state index contributed by atoms with van der Waals surface area (Å²) in [6.07, 6.45) is 2.82. The summed E-state index contributed by atoms with van der Waals surface area (Å²) in [4.78, 5) is 11.2. The van der Waals surface area contributed by atoms with E-state index in [1.54, 1.807) is 12.1 Å². The lowest BCUT2D eigenvalue weighted by Crippen LogP contribution is -2.22. The van der Waals surface area contributed by atoms with E-state index in [0.717, 1.165) is 25.0 Å². The molecule has 0 bridgehead atoms. The van der Waals surface area contributed by atoms with E-state index in [1.807, 2.05) is 0 Å². The predicted octanol–water partition coefficient (Wildman–Crippen LogP) is 2.64. The first-order chi connectivity index (χ1) is 8.65. The van der Waals surface area contributed by atoms with Crippen molar-refractivity contribution < 1.29 is 19.0 Å². The summed E-state index contributed by atoms with van der Waals surface area (Å²) < 4.78 is 18.5. The number of carboxylic acids is 1. The van der Waals surface area contributed by atoms with E-state index < -0.39 is 11.9 Å². The summed E-state index contributed by atoms with van der Waals surface area (Å²) in [5.41, 5.74) is 0.723. The van der Waals surface area contributed by atoms with E-state index in [1.165, 1.54) is 12.1 Å². The monoisotopic (exact) mass is 252 g/mol. The fourth-order valence-electron chi connectivity index (χ4n) is 2.37.